The van der Waals surface area contributed by atoms with E-state index in [0.29, 0.717) is 12.0 Å². The van der Waals surface area contributed by atoms with Crippen LogP contribution < -0.4 is 5.32 Å². The first-order chi connectivity index (χ1) is 12.2. The minimum atomic E-state index is 0. The third-order valence-electron chi connectivity index (χ3n) is 5.26. The van der Waals surface area contributed by atoms with Crippen molar-refractivity contribution in [3.05, 3.63) is 34.9 Å². The fourth-order valence-electron chi connectivity index (χ4n) is 3.57. The summed E-state index contributed by atoms with van der Waals surface area (Å²) in [6.45, 7) is 5.79. The van der Waals surface area contributed by atoms with Gasteiger partial charge in [-0.25, -0.2) is 0 Å². The Morgan fingerprint density at radius 3 is 2.81 bits per heavy atom. The maximum Gasteiger partial charge on any atom is 0.193 e. The first-order valence-corrected chi connectivity index (χ1v) is 9.90. The topological polar surface area (TPSA) is 36.9 Å². The zero-order valence-electron chi connectivity index (χ0n) is 15.8. The average Bonchev–Trinajstić information content (AvgIpc) is 3.39. The van der Waals surface area contributed by atoms with Crippen molar-refractivity contribution in [1.29, 1.82) is 0 Å². The number of hydrogen-bond donors (Lipinski definition) is 1. The van der Waals surface area contributed by atoms with Gasteiger partial charge in [0.2, 0.25) is 0 Å². The molecule has 2 atom stereocenters. The van der Waals surface area contributed by atoms with E-state index in [0.717, 1.165) is 49.6 Å². The van der Waals surface area contributed by atoms with Crippen LogP contribution in [0.1, 0.15) is 44.1 Å². The average molecular weight is 492 g/mol. The molecule has 3 rings (SSSR count). The second-order valence-electron chi connectivity index (χ2n) is 7.21. The number of halogens is 2. The lowest BCUT2D eigenvalue weighted by atomic mass is 9.96. The van der Waals surface area contributed by atoms with Crippen LogP contribution in [0.3, 0.4) is 0 Å². The van der Waals surface area contributed by atoms with Gasteiger partial charge in [0.05, 0.1) is 0 Å². The summed E-state index contributed by atoms with van der Waals surface area (Å²) in [6, 6.07) is 8.69. The van der Waals surface area contributed by atoms with Crippen molar-refractivity contribution < 1.29 is 4.74 Å². The molecule has 2 fully saturated rings. The first-order valence-electron chi connectivity index (χ1n) is 9.52. The molecule has 1 saturated carbocycles. The van der Waals surface area contributed by atoms with Gasteiger partial charge in [-0.15, -0.1) is 24.0 Å². The summed E-state index contributed by atoms with van der Waals surface area (Å²) in [4.78, 5) is 6.98. The number of aliphatic imine (C=N–C) groups is 1. The van der Waals surface area contributed by atoms with Crippen molar-refractivity contribution >= 4 is 41.5 Å². The normalized spacial score (nSPS) is 23.3. The minimum absolute atomic E-state index is 0. The molecule has 0 radical (unpaired) electrons. The lowest BCUT2D eigenvalue weighted by molar-refractivity contribution is 0.0625. The lowest BCUT2D eigenvalue weighted by Crippen LogP contribution is -2.41. The summed E-state index contributed by atoms with van der Waals surface area (Å²) in [5.74, 6) is 2.37. The van der Waals surface area contributed by atoms with E-state index >= 15 is 0 Å². The number of benzene rings is 1. The van der Waals surface area contributed by atoms with Gasteiger partial charge < -0.3 is 15.0 Å². The maximum atomic E-state index is 6.12. The molecule has 1 aromatic carbocycles. The predicted octanol–water partition coefficient (Wildman–Crippen LogP) is 4.53. The summed E-state index contributed by atoms with van der Waals surface area (Å²) < 4.78 is 5.46. The molecule has 4 nitrogen and oxygen atoms in total. The highest BCUT2D eigenvalue weighted by atomic mass is 127. The molecule has 1 heterocycles. The van der Waals surface area contributed by atoms with Crippen LogP contribution in [-0.4, -0.2) is 50.3 Å². The largest absolute Gasteiger partial charge is 0.381 e. The summed E-state index contributed by atoms with van der Waals surface area (Å²) in [5.41, 5.74) is 1.32. The van der Waals surface area contributed by atoms with Crippen LogP contribution in [0.2, 0.25) is 5.02 Å². The Labute approximate surface area is 179 Å². The van der Waals surface area contributed by atoms with E-state index in [1.807, 2.05) is 12.1 Å². The molecule has 1 aromatic rings. The molecule has 0 spiro atoms. The highest BCUT2D eigenvalue weighted by Crippen LogP contribution is 2.41. The highest BCUT2D eigenvalue weighted by molar-refractivity contribution is 14.0. The smallest absolute Gasteiger partial charge is 0.193 e. The SMILES string of the molecule is CCN=C(NC1CC1c1cccc(Cl)c1)N(C)CCC1CCOCC1.I. The molecular weight excluding hydrogens is 461 g/mol. The molecule has 1 aliphatic heterocycles. The van der Waals surface area contributed by atoms with Gasteiger partial charge in [-0.05, 0) is 56.2 Å². The van der Waals surface area contributed by atoms with Gasteiger partial charge in [0.15, 0.2) is 5.96 Å². The van der Waals surface area contributed by atoms with Crippen LogP contribution in [0.25, 0.3) is 0 Å². The molecule has 2 unspecified atom stereocenters. The number of nitrogens with one attached hydrogen (secondary N) is 1. The predicted molar refractivity (Wildman–Crippen MR) is 120 cm³/mol. The van der Waals surface area contributed by atoms with Gasteiger partial charge in [-0.2, -0.15) is 0 Å². The van der Waals surface area contributed by atoms with Crippen LogP contribution in [0.15, 0.2) is 29.3 Å². The number of ether oxygens (including phenoxy) is 1. The van der Waals surface area contributed by atoms with Gasteiger partial charge in [0.25, 0.3) is 0 Å². The Kier molecular flexibility index (Phi) is 8.97. The van der Waals surface area contributed by atoms with Crippen molar-refractivity contribution in [3.8, 4) is 0 Å². The number of guanidine groups is 1. The van der Waals surface area contributed by atoms with E-state index < -0.39 is 0 Å². The van der Waals surface area contributed by atoms with Gasteiger partial charge in [-0.1, -0.05) is 23.7 Å². The Morgan fingerprint density at radius 1 is 1.35 bits per heavy atom. The Bertz CT molecular complexity index is 592. The van der Waals surface area contributed by atoms with Crippen LogP contribution in [0, 0.1) is 5.92 Å². The van der Waals surface area contributed by atoms with Gasteiger partial charge in [-0.3, -0.25) is 4.99 Å². The Morgan fingerprint density at radius 2 is 2.12 bits per heavy atom. The molecular formula is C20H31ClIN3O. The van der Waals surface area contributed by atoms with E-state index in [-0.39, 0.29) is 24.0 Å². The summed E-state index contributed by atoms with van der Waals surface area (Å²) in [7, 11) is 2.15. The fourth-order valence-corrected chi connectivity index (χ4v) is 3.77. The molecule has 2 aliphatic rings. The quantitative estimate of drug-likeness (QED) is 0.361. The third kappa shape index (κ3) is 6.27. The second kappa shape index (κ2) is 10.7. The van der Waals surface area contributed by atoms with E-state index in [1.54, 1.807) is 0 Å². The first kappa shape index (κ1) is 21.8. The van der Waals surface area contributed by atoms with Crippen molar-refractivity contribution in [3.63, 3.8) is 0 Å². The van der Waals surface area contributed by atoms with E-state index in [9.17, 15) is 0 Å². The zero-order chi connectivity index (χ0) is 17.6. The molecule has 0 bridgehead atoms. The van der Waals surface area contributed by atoms with Crippen LogP contribution >= 0.6 is 35.6 Å². The van der Waals surface area contributed by atoms with Crippen molar-refractivity contribution in [2.75, 3.05) is 33.4 Å². The van der Waals surface area contributed by atoms with E-state index in [2.05, 4.69) is 36.3 Å². The van der Waals surface area contributed by atoms with Gasteiger partial charge >= 0.3 is 0 Å². The zero-order valence-corrected chi connectivity index (χ0v) is 18.9. The van der Waals surface area contributed by atoms with Crippen molar-refractivity contribution in [2.24, 2.45) is 10.9 Å². The monoisotopic (exact) mass is 491 g/mol. The molecule has 1 aliphatic carbocycles. The molecule has 26 heavy (non-hydrogen) atoms. The van der Waals surface area contributed by atoms with Crippen LogP contribution in [0.5, 0.6) is 0 Å². The molecule has 0 amide bonds. The molecule has 146 valence electrons. The summed E-state index contributed by atoms with van der Waals surface area (Å²) in [5, 5.41) is 4.47. The van der Waals surface area contributed by atoms with E-state index in [4.69, 9.17) is 21.3 Å². The summed E-state index contributed by atoms with van der Waals surface area (Å²) >= 11 is 6.12. The third-order valence-corrected chi connectivity index (χ3v) is 5.50. The van der Waals surface area contributed by atoms with Crippen LogP contribution in [-0.2, 0) is 4.74 Å². The number of nitrogens with zero attached hydrogens (tertiary/aromatic N) is 2. The summed E-state index contributed by atoms with van der Waals surface area (Å²) in [6.07, 6.45) is 4.76. The number of hydrogen-bond acceptors (Lipinski definition) is 2. The van der Waals surface area contributed by atoms with Crippen molar-refractivity contribution in [1.82, 2.24) is 10.2 Å². The van der Waals surface area contributed by atoms with E-state index in [1.165, 1.54) is 24.8 Å². The minimum Gasteiger partial charge on any atom is -0.381 e. The van der Waals surface area contributed by atoms with Crippen LogP contribution in [0.4, 0.5) is 0 Å². The fraction of sp³-hybridized carbons (Fsp3) is 0.650. The maximum absolute atomic E-state index is 6.12. The Balaban J connectivity index is 0.00000243. The van der Waals surface area contributed by atoms with Crippen molar-refractivity contribution in [2.45, 2.75) is 44.6 Å². The number of rotatable bonds is 6. The van der Waals surface area contributed by atoms with Gasteiger partial charge in [0, 0.05) is 50.3 Å². The molecule has 1 N–H and O–H groups in total. The Hall–Kier alpha value is -0.530. The lowest BCUT2D eigenvalue weighted by Gasteiger charge is -2.27. The second-order valence-corrected chi connectivity index (χ2v) is 7.65. The van der Waals surface area contributed by atoms with Gasteiger partial charge in [0.1, 0.15) is 0 Å². The molecule has 1 saturated heterocycles. The highest BCUT2D eigenvalue weighted by Gasteiger charge is 2.39. The molecule has 6 heteroatoms. The molecule has 0 aromatic heterocycles. The standard InChI is InChI=1S/C20H30ClN3O.HI/c1-3-22-20(24(2)10-7-15-8-11-25-12-9-15)23-19-14-18(19)16-5-4-6-17(21)13-16;/h4-6,13,15,18-19H,3,7-12,14H2,1-2H3,(H,22,23);1H.